The van der Waals surface area contributed by atoms with Crippen LogP contribution < -0.4 is 5.01 Å². The van der Waals surface area contributed by atoms with Gasteiger partial charge >= 0.3 is 0 Å². The normalized spacial score (nSPS) is 10.4. The fourth-order valence-corrected chi connectivity index (χ4v) is 1.80. The van der Waals surface area contributed by atoms with Crippen molar-refractivity contribution in [2.75, 3.05) is 19.1 Å². The Morgan fingerprint density at radius 2 is 1.33 bits per heavy atom. The molecule has 0 heterocycles. The van der Waals surface area contributed by atoms with E-state index < -0.39 is 0 Å². The molecule has 0 N–H and O–H groups in total. The van der Waals surface area contributed by atoms with Gasteiger partial charge in [-0.1, -0.05) is 36.4 Å². The molecular weight excluding hydrogens is 224 g/mol. The lowest BCUT2D eigenvalue weighted by Crippen LogP contribution is -2.42. The van der Waals surface area contributed by atoms with Crippen LogP contribution in [0.25, 0.3) is 0 Å². The van der Waals surface area contributed by atoms with E-state index in [0.29, 0.717) is 5.56 Å². The molecule has 0 aromatic heterocycles. The number of amides is 1. The molecule has 0 radical (unpaired) electrons. The minimum absolute atomic E-state index is 0.0354. The lowest BCUT2D eigenvalue weighted by molar-refractivity contribution is 0.0930. The Bertz CT molecular complexity index is 509. The summed E-state index contributed by atoms with van der Waals surface area (Å²) < 4.78 is 0. The molecule has 0 aliphatic heterocycles. The molecule has 0 unspecified atom stereocenters. The molecule has 0 fully saturated rings. The number of rotatable bonds is 3. The van der Waals surface area contributed by atoms with Crippen LogP contribution in [0.15, 0.2) is 60.7 Å². The number of para-hydroxylation sites is 1. The maximum Gasteiger partial charge on any atom is 0.272 e. The minimum atomic E-state index is -0.0354. The number of hydrogen-bond donors (Lipinski definition) is 0. The molecular formula is C15H16N2O. The number of carbonyl (C=O) groups excluding carboxylic acids is 1. The van der Waals surface area contributed by atoms with Crippen LogP contribution in [0, 0.1) is 0 Å². The Morgan fingerprint density at radius 3 is 1.83 bits per heavy atom. The summed E-state index contributed by atoms with van der Waals surface area (Å²) in [4.78, 5) is 12.5. The fourth-order valence-electron chi connectivity index (χ4n) is 1.80. The lowest BCUT2D eigenvalue weighted by Gasteiger charge is -2.28. The van der Waals surface area contributed by atoms with Gasteiger partial charge in [-0.2, -0.15) is 0 Å². The lowest BCUT2D eigenvalue weighted by atomic mass is 10.2. The molecule has 2 aromatic rings. The third-order valence-corrected chi connectivity index (χ3v) is 2.61. The topological polar surface area (TPSA) is 23.6 Å². The average molecular weight is 240 g/mol. The molecule has 2 aromatic carbocycles. The van der Waals surface area contributed by atoms with Gasteiger partial charge in [0, 0.05) is 19.7 Å². The highest BCUT2D eigenvalue weighted by Gasteiger charge is 2.19. The van der Waals surface area contributed by atoms with Crippen LogP contribution in [0.5, 0.6) is 0 Å². The van der Waals surface area contributed by atoms with E-state index in [0.717, 1.165) is 5.69 Å². The molecule has 0 aliphatic rings. The van der Waals surface area contributed by atoms with Crippen molar-refractivity contribution in [3.63, 3.8) is 0 Å². The van der Waals surface area contributed by atoms with Gasteiger partial charge in [0.15, 0.2) is 0 Å². The molecule has 1 amide bonds. The molecule has 0 atom stereocenters. The van der Waals surface area contributed by atoms with E-state index in [-0.39, 0.29) is 5.91 Å². The van der Waals surface area contributed by atoms with Crippen LogP contribution in [0.1, 0.15) is 10.4 Å². The quantitative estimate of drug-likeness (QED) is 0.770. The first-order chi connectivity index (χ1) is 8.70. The molecule has 0 bridgehead atoms. The zero-order valence-electron chi connectivity index (χ0n) is 10.6. The third kappa shape index (κ3) is 2.57. The van der Waals surface area contributed by atoms with Crippen molar-refractivity contribution in [2.24, 2.45) is 0 Å². The van der Waals surface area contributed by atoms with Gasteiger partial charge in [-0.25, -0.2) is 10.0 Å². The van der Waals surface area contributed by atoms with Crippen molar-refractivity contribution in [2.45, 2.75) is 0 Å². The SMILES string of the molecule is CN(C)N(C(=O)c1ccccc1)c1ccccc1. The van der Waals surface area contributed by atoms with Crippen molar-refractivity contribution in [3.05, 3.63) is 66.2 Å². The summed E-state index contributed by atoms with van der Waals surface area (Å²) in [7, 11) is 3.71. The highest BCUT2D eigenvalue weighted by Crippen LogP contribution is 2.17. The van der Waals surface area contributed by atoms with Crippen LogP contribution in [0.3, 0.4) is 0 Å². The predicted octanol–water partition coefficient (Wildman–Crippen LogP) is 2.81. The monoisotopic (exact) mass is 240 g/mol. The number of hydrazine groups is 1. The Balaban J connectivity index is 2.35. The Labute approximate surface area is 107 Å². The van der Waals surface area contributed by atoms with Gasteiger partial charge < -0.3 is 0 Å². The first-order valence-corrected chi connectivity index (χ1v) is 5.82. The molecule has 0 aliphatic carbocycles. The first kappa shape index (κ1) is 12.3. The fraction of sp³-hybridized carbons (Fsp3) is 0.133. The van der Waals surface area contributed by atoms with Gasteiger partial charge in [0.1, 0.15) is 0 Å². The highest BCUT2D eigenvalue weighted by molar-refractivity contribution is 6.05. The maximum atomic E-state index is 12.5. The number of anilines is 1. The van der Waals surface area contributed by atoms with E-state index in [2.05, 4.69) is 0 Å². The van der Waals surface area contributed by atoms with E-state index in [1.807, 2.05) is 74.8 Å². The molecule has 0 saturated heterocycles. The average Bonchev–Trinajstić information content (AvgIpc) is 2.40. The smallest absolute Gasteiger partial charge is 0.267 e. The van der Waals surface area contributed by atoms with Gasteiger partial charge in [0.2, 0.25) is 0 Å². The molecule has 3 nitrogen and oxygen atoms in total. The van der Waals surface area contributed by atoms with Crippen LogP contribution in [0.2, 0.25) is 0 Å². The zero-order valence-corrected chi connectivity index (χ0v) is 10.6. The van der Waals surface area contributed by atoms with Crippen molar-refractivity contribution in [1.29, 1.82) is 0 Å². The van der Waals surface area contributed by atoms with Gasteiger partial charge in [0.25, 0.3) is 5.91 Å². The molecule has 18 heavy (non-hydrogen) atoms. The Hall–Kier alpha value is -2.13. The molecule has 0 saturated carbocycles. The second-order valence-corrected chi connectivity index (χ2v) is 4.17. The van der Waals surface area contributed by atoms with Crippen molar-refractivity contribution in [1.82, 2.24) is 5.01 Å². The Morgan fingerprint density at radius 1 is 0.833 bits per heavy atom. The minimum Gasteiger partial charge on any atom is -0.267 e. The molecule has 3 heteroatoms. The number of benzene rings is 2. The first-order valence-electron chi connectivity index (χ1n) is 5.82. The number of nitrogens with zero attached hydrogens (tertiary/aromatic N) is 2. The molecule has 0 spiro atoms. The summed E-state index contributed by atoms with van der Waals surface area (Å²) in [6.07, 6.45) is 0. The van der Waals surface area contributed by atoms with Gasteiger partial charge in [-0.05, 0) is 24.3 Å². The summed E-state index contributed by atoms with van der Waals surface area (Å²) in [6.45, 7) is 0. The van der Waals surface area contributed by atoms with Crippen LogP contribution >= 0.6 is 0 Å². The van der Waals surface area contributed by atoms with E-state index in [9.17, 15) is 4.79 Å². The summed E-state index contributed by atoms with van der Waals surface area (Å²) >= 11 is 0. The van der Waals surface area contributed by atoms with E-state index >= 15 is 0 Å². The summed E-state index contributed by atoms with van der Waals surface area (Å²) in [5, 5.41) is 3.43. The number of hydrogen-bond acceptors (Lipinski definition) is 2. The summed E-state index contributed by atoms with van der Waals surface area (Å²) in [5.74, 6) is -0.0354. The van der Waals surface area contributed by atoms with Gasteiger partial charge in [0.05, 0.1) is 5.69 Å². The second-order valence-electron chi connectivity index (χ2n) is 4.17. The van der Waals surface area contributed by atoms with Crippen LogP contribution in [-0.4, -0.2) is 25.0 Å². The third-order valence-electron chi connectivity index (χ3n) is 2.61. The maximum absolute atomic E-state index is 12.5. The van der Waals surface area contributed by atoms with Crippen molar-refractivity contribution < 1.29 is 4.79 Å². The van der Waals surface area contributed by atoms with Gasteiger partial charge in [-0.3, -0.25) is 4.79 Å². The summed E-state index contributed by atoms with van der Waals surface area (Å²) in [5.41, 5.74) is 1.53. The second kappa shape index (κ2) is 5.47. The highest BCUT2D eigenvalue weighted by atomic mass is 16.2. The Kier molecular flexibility index (Phi) is 3.75. The molecule has 92 valence electrons. The van der Waals surface area contributed by atoms with Crippen LogP contribution in [-0.2, 0) is 0 Å². The van der Waals surface area contributed by atoms with E-state index in [1.54, 1.807) is 10.0 Å². The molecule has 2 rings (SSSR count). The van der Waals surface area contributed by atoms with Crippen molar-refractivity contribution >= 4 is 11.6 Å². The van der Waals surface area contributed by atoms with E-state index in [4.69, 9.17) is 0 Å². The zero-order chi connectivity index (χ0) is 13.0. The summed E-state index contributed by atoms with van der Waals surface area (Å²) in [6, 6.07) is 18.9. The van der Waals surface area contributed by atoms with Crippen molar-refractivity contribution in [3.8, 4) is 0 Å². The standard InChI is InChI=1S/C15H16N2O/c1-16(2)17(14-11-7-4-8-12-14)15(18)13-9-5-3-6-10-13/h3-12H,1-2H3. The predicted molar refractivity (Wildman–Crippen MR) is 73.4 cm³/mol. The van der Waals surface area contributed by atoms with Gasteiger partial charge in [-0.15, -0.1) is 0 Å². The number of carbonyl (C=O) groups is 1. The van der Waals surface area contributed by atoms with E-state index in [1.165, 1.54) is 0 Å². The largest absolute Gasteiger partial charge is 0.272 e. The van der Waals surface area contributed by atoms with Crippen LogP contribution in [0.4, 0.5) is 5.69 Å².